The summed E-state index contributed by atoms with van der Waals surface area (Å²) >= 11 is 0. The molecule has 1 aliphatic rings. The summed E-state index contributed by atoms with van der Waals surface area (Å²) in [4.78, 5) is 13.6. The van der Waals surface area contributed by atoms with Gasteiger partial charge in [-0.2, -0.15) is 4.31 Å². The normalized spacial score (nSPS) is 16.6. The molecule has 1 fully saturated rings. The fraction of sp³-hybridized carbons (Fsp3) is 0.588. The minimum Gasteiger partial charge on any atom is -0.497 e. The lowest BCUT2D eigenvalue weighted by atomic mass is 10.2. The quantitative estimate of drug-likeness (QED) is 0.811. The van der Waals surface area contributed by atoms with Gasteiger partial charge >= 0.3 is 6.09 Å². The lowest BCUT2D eigenvalue weighted by Crippen LogP contribution is -2.51. The molecule has 1 saturated heterocycles. The van der Waals surface area contributed by atoms with E-state index >= 15 is 0 Å². The van der Waals surface area contributed by atoms with Gasteiger partial charge in [0.25, 0.3) is 0 Å². The zero-order valence-corrected chi connectivity index (χ0v) is 16.0. The summed E-state index contributed by atoms with van der Waals surface area (Å²) in [6.45, 7) is 6.63. The van der Waals surface area contributed by atoms with Gasteiger partial charge in [0.1, 0.15) is 11.4 Å². The van der Waals surface area contributed by atoms with Crippen LogP contribution in [0.3, 0.4) is 0 Å². The van der Waals surface area contributed by atoms with E-state index in [-0.39, 0.29) is 18.8 Å². The Morgan fingerprint density at radius 3 is 2.12 bits per heavy atom. The van der Waals surface area contributed by atoms with Crippen molar-refractivity contribution in [1.29, 1.82) is 0 Å². The molecule has 0 aromatic heterocycles. The SMILES string of the molecule is COc1ccc(CS(=O)(=O)N2CCN(C(=O)OC(C)(C)C)CC2)cc1. The van der Waals surface area contributed by atoms with Crippen molar-refractivity contribution in [1.82, 2.24) is 9.21 Å². The third-order valence-corrected chi connectivity index (χ3v) is 5.64. The summed E-state index contributed by atoms with van der Waals surface area (Å²) in [5.41, 5.74) is 0.143. The van der Waals surface area contributed by atoms with Crippen LogP contribution < -0.4 is 4.74 Å². The van der Waals surface area contributed by atoms with Crippen molar-refractivity contribution in [2.45, 2.75) is 32.1 Å². The smallest absolute Gasteiger partial charge is 0.410 e. The summed E-state index contributed by atoms with van der Waals surface area (Å²) in [5, 5.41) is 0. The molecule has 8 heteroatoms. The molecule has 25 heavy (non-hydrogen) atoms. The third-order valence-electron chi connectivity index (χ3n) is 3.79. The topological polar surface area (TPSA) is 76.2 Å². The molecule has 140 valence electrons. The average molecular weight is 370 g/mol. The number of hydrogen-bond acceptors (Lipinski definition) is 5. The number of piperazine rings is 1. The van der Waals surface area contributed by atoms with Gasteiger partial charge in [-0.05, 0) is 38.5 Å². The Hall–Kier alpha value is -1.80. The van der Waals surface area contributed by atoms with Crippen molar-refractivity contribution in [3.8, 4) is 5.75 Å². The molecular formula is C17H26N2O5S. The fourth-order valence-corrected chi connectivity index (χ4v) is 4.01. The van der Waals surface area contributed by atoms with E-state index in [2.05, 4.69) is 0 Å². The van der Waals surface area contributed by atoms with E-state index in [0.717, 1.165) is 0 Å². The Morgan fingerprint density at radius 2 is 1.64 bits per heavy atom. The molecule has 0 N–H and O–H groups in total. The highest BCUT2D eigenvalue weighted by molar-refractivity contribution is 7.88. The van der Waals surface area contributed by atoms with Crippen LogP contribution in [-0.4, -0.2) is 62.6 Å². The number of rotatable bonds is 4. The highest BCUT2D eigenvalue weighted by Gasteiger charge is 2.31. The number of ether oxygens (including phenoxy) is 2. The van der Waals surface area contributed by atoms with E-state index in [1.165, 1.54) is 4.31 Å². The predicted molar refractivity (Wildman–Crippen MR) is 95.0 cm³/mol. The summed E-state index contributed by atoms with van der Waals surface area (Å²) in [6.07, 6.45) is -0.403. The number of methoxy groups -OCH3 is 1. The summed E-state index contributed by atoms with van der Waals surface area (Å²) in [7, 11) is -1.86. The van der Waals surface area contributed by atoms with Crippen molar-refractivity contribution >= 4 is 16.1 Å². The molecule has 1 aromatic rings. The largest absolute Gasteiger partial charge is 0.497 e. The van der Waals surface area contributed by atoms with Gasteiger partial charge in [0.05, 0.1) is 12.9 Å². The molecule has 0 radical (unpaired) electrons. The molecule has 0 aliphatic carbocycles. The molecule has 0 saturated carbocycles. The van der Waals surface area contributed by atoms with Gasteiger partial charge in [-0.25, -0.2) is 13.2 Å². The minimum absolute atomic E-state index is 0.0660. The predicted octanol–water partition coefficient (Wildman–Crippen LogP) is 2.08. The number of amides is 1. The van der Waals surface area contributed by atoms with Crippen LogP contribution in [0.4, 0.5) is 4.79 Å². The number of carbonyl (C=O) groups excluding carboxylic acids is 1. The van der Waals surface area contributed by atoms with Crippen molar-refractivity contribution in [2.75, 3.05) is 33.3 Å². The lowest BCUT2D eigenvalue weighted by molar-refractivity contribution is 0.0192. The first-order valence-electron chi connectivity index (χ1n) is 8.19. The van der Waals surface area contributed by atoms with Gasteiger partial charge < -0.3 is 14.4 Å². The van der Waals surface area contributed by atoms with Gasteiger partial charge in [-0.15, -0.1) is 0 Å². The first-order valence-corrected chi connectivity index (χ1v) is 9.80. The summed E-state index contributed by atoms with van der Waals surface area (Å²) in [6, 6.07) is 6.97. The van der Waals surface area contributed by atoms with E-state index in [4.69, 9.17) is 9.47 Å². The van der Waals surface area contributed by atoms with Gasteiger partial charge in [-0.1, -0.05) is 12.1 Å². The maximum atomic E-state index is 12.6. The van der Waals surface area contributed by atoms with Crippen LogP contribution in [0.25, 0.3) is 0 Å². The summed E-state index contributed by atoms with van der Waals surface area (Å²) < 4.78 is 37.0. The second-order valence-electron chi connectivity index (χ2n) is 6.97. The lowest BCUT2D eigenvalue weighted by Gasteiger charge is -2.35. The van der Waals surface area contributed by atoms with Crippen LogP contribution in [0.1, 0.15) is 26.3 Å². The zero-order chi connectivity index (χ0) is 18.7. The Bertz CT molecular complexity index is 687. The minimum atomic E-state index is -3.43. The number of hydrogen-bond donors (Lipinski definition) is 0. The average Bonchev–Trinajstić information content (AvgIpc) is 2.54. The molecule has 0 bridgehead atoms. The number of carbonyl (C=O) groups is 1. The first kappa shape index (κ1) is 19.5. The molecule has 1 aromatic carbocycles. The second kappa shape index (κ2) is 7.61. The molecule has 1 heterocycles. The standard InChI is InChI=1S/C17H26N2O5S/c1-17(2,3)24-16(20)18-9-11-19(12-10-18)25(21,22)13-14-5-7-15(23-4)8-6-14/h5-8H,9-13H2,1-4H3. The van der Waals surface area contributed by atoms with E-state index in [0.29, 0.717) is 24.4 Å². The molecule has 7 nitrogen and oxygen atoms in total. The van der Waals surface area contributed by atoms with E-state index in [1.54, 1.807) is 57.0 Å². The van der Waals surface area contributed by atoms with Crippen molar-refractivity contribution in [2.24, 2.45) is 0 Å². The van der Waals surface area contributed by atoms with E-state index in [9.17, 15) is 13.2 Å². The van der Waals surface area contributed by atoms with Crippen LogP contribution in [0.2, 0.25) is 0 Å². The Morgan fingerprint density at radius 1 is 1.08 bits per heavy atom. The Kier molecular flexibility index (Phi) is 5.95. The van der Waals surface area contributed by atoms with Crippen molar-refractivity contribution < 1.29 is 22.7 Å². The van der Waals surface area contributed by atoms with Crippen LogP contribution >= 0.6 is 0 Å². The third kappa shape index (κ3) is 5.61. The van der Waals surface area contributed by atoms with E-state index in [1.807, 2.05) is 0 Å². The van der Waals surface area contributed by atoms with E-state index < -0.39 is 21.7 Å². The van der Waals surface area contributed by atoms with Gasteiger partial charge in [-0.3, -0.25) is 0 Å². The van der Waals surface area contributed by atoms with Gasteiger partial charge in [0.15, 0.2) is 0 Å². The van der Waals surface area contributed by atoms with Gasteiger partial charge in [0, 0.05) is 26.2 Å². The summed E-state index contributed by atoms with van der Waals surface area (Å²) in [5.74, 6) is 0.621. The van der Waals surface area contributed by atoms with Crippen molar-refractivity contribution in [3.05, 3.63) is 29.8 Å². The second-order valence-corrected chi connectivity index (χ2v) is 8.94. The fourth-order valence-electron chi connectivity index (χ4n) is 2.50. The molecule has 0 spiro atoms. The Labute approximate surface area is 149 Å². The number of nitrogens with zero attached hydrogens (tertiary/aromatic N) is 2. The van der Waals surface area contributed by atoms with Crippen LogP contribution in [0, 0.1) is 0 Å². The van der Waals surface area contributed by atoms with Gasteiger partial charge in [0.2, 0.25) is 10.0 Å². The maximum Gasteiger partial charge on any atom is 0.410 e. The molecule has 1 amide bonds. The van der Waals surface area contributed by atoms with Crippen LogP contribution in [0.15, 0.2) is 24.3 Å². The molecule has 1 aliphatic heterocycles. The van der Waals surface area contributed by atoms with Crippen LogP contribution in [0.5, 0.6) is 5.75 Å². The highest BCUT2D eigenvalue weighted by Crippen LogP contribution is 2.18. The monoisotopic (exact) mass is 370 g/mol. The first-order chi connectivity index (χ1) is 11.6. The maximum absolute atomic E-state index is 12.6. The molecule has 2 rings (SSSR count). The molecule has 0 atom stereocenters. The van der Waals surface area contributed by atoms with Crippen molar-refractivity contribution in [3.63, 3.8) is 0 Å². The molecule has 0 unspecified atom stereocenters. The molecular weight excluding hydrogens is 344 g/mol. The van der Waals surface area contributed by atoms with Crippen LogP contribution in [-0.2, 0) is 20.5 Å². The Balaban J connectivity index is 1.93. The number of sulfonamides is 1. The number of benzene rings is 1. The highest BCUT2D eigenvalue weighted by atomic mass is 32.2. The zero-order valence-electron chi connectivity index (χ0n) is 15.2.